The Hall–Kier alpha value is -2.65. The molecule has 0 saturated carbocycles. The minimum absolute atomic E-state index is 0.239. The third-order valence-corrected chi connectivity index (χ3v) is 9.15. The van der Waals surface area contributed by atoms with Gasteiger partial charge >= 0.3 is 0 Å². The second kappa shape index (κ2) is 11.0. The Balaban J connectivity index is 1.46. The first kappa shape index (κ1) is 25.4. The van der Waals surface area contributed by atoms with Gasteiger partial charge in [0.25, 0.3) is 0 Å². The van der Waals surface area contributed by atoms with Crippen LogP contribution in [0.3, 0.4) is 0 Å². The van der Waals surface area contributed by atoms with Crippen molar-refractivity contribution >= 4 is 50.8 Å². The first-order valence-electron chi connectivity index (χ1n) is 11.1. The van der Waals surface area contributed by atoms with E-state index in [1.54, 1.807) is 60.7 Å². The van der Waals surface area contributed by atoms with Gasteiger partial charge in [0.15, 0.2) is 5.78 Å². The van der Waals surface area contributed by atoms with E-state index in [0.29, 0.717) is 44.5 Å². The maximum atomic E-state index is 13.2. The fourth-order valence-electron chi connectivity index (χ4n) is 4.12. The van der Waals surface area contributed by atoms with Crippen molar-refractivity contribution in [1.29, 1.82) is 0 Å². The van der Waals surface area contributed by atoms with Crippen molar-refractivity contribution in [2.75, 3.05) is 24.7 Å². The van der Waals surface area contributed by atoms with Gasteiger partial charge in [-0.3, -0.25) is 9.59 Å². The number of ketones is 1. The molecule has 0 aliphatic carbocycles. The SMILES string of the molecule is CSc1ccccc1S(=O)(=O)N1CCC(C(=O)Nc2ccc(Cl)cc2C(=O)c2ccccc2)CC1. The molecule has 1 aliphatic rings. The number of carbonyl (C=O) groups excluding carboxylic acids is 2. The second-order valence-corrected chi connectivity index (χ2v) is 11.4. The van der Waals surface area contributed by atoms with E-state index in [4.69, 9.17) is 11.6 Å². The predicted molar refractivity (Wildman–Crippen MR) is 140 cm³/mol. The van der Waals surface area contributed by atoms with Crippen LogP contribution in [0.5, 0.6) is 0 Å². The lowest BCUT2D eigenvalue weighted by molar-refractivity contribution is -0.120. The molecule has 1 heterocycles. The van der Waals surface area contributed by atoms with Gasteiger partial charge < -0.3 is 5.32 Å². The standard InChI is InChI=1S/C26H25ClN2O4S2/c1-34-23-9-5-6-10-24(23)35(32,33)29-15-13-19(14-16-29)26(31)28-22-12-11-20(27)17-21(22)25(30)18-7-3-2-4-8-18/h2-12,17,19H,13-16H2,1H3,(H,28,31). The molecule has 0 radical (unpaired) electrons. The molecule has 9 heteroatoms. The number of benzene rings is 3. The van der Waals surface area contributed by atoms with Gasteiger partial charge in [0.1, 0.15) is 0 Å². The smallest absolute Gasteiger partial charge is 0.244 e. The van der Waals surface area contributed by atoms with Crippen LogP contribution in [0.2, 0.25) is 5.02 Å². The van der Waals surface area contributed by atoms with Gasteiger partial charge in [-0.05, 0) is 49.4 Å². The largest absolute Gasteiger partial charge is 0.325 e. The topological polar surface area (TPSA) is 83.6 Å². The summed E-state index contributed by atoms with van der Waals surface area (Å²) in [5.41, 5.74) is 1.19. The normalized spacial score (nSPS) is 15.0. The monoisotopic (exact) mass is 528 g/mol. The van der Waals surface area contributed by atoms with Crippen molar-refractivity contribution in [3.63, 3.8) is 0 Å². The van der Waals surface area contributed by atoms with E-state index in [9.17, 15) is 18.0 Å². The van der Waals surface area contributed by atoms with Gasteiger partial charge in [-0.15, -0.1) is 11.8 Å². The maximum absolute atomic E-state index is 13.2. The Morgan fingerprint density at radius 1 is 0.971 bits per heavy atom. The summed E-state index contributed by atoms with van der Waals surface area (Å²) in [5.74, 6) is -0.847. The van der Waals surface area contributed by atoms with Crippen molar-refractivity contribution in [2.24, 2.45) is 5.92 Å². The molecule has 0 aromatic heterocycles. The van der Waals surface area contributed by atoms with Gasteiger partial charge in [-0.2, -0.15) is 4.31 Å². The van der Waals surface area contributed by atoms with E-state index in [1.165, 1.54) is 16.1 Å². The molecule has 182 valence electrons. The molecule has 1 fully saturated rings. The van der Waals surface area contributed by atoms with Crippen LogP contribution < -0.4 is 5.32 Å². The lowest BCUT2D eigenvalue weighted by Crippen LogP contribution is -2.41. The summed E-state index contributed by atoms with van der Waals surface area (Å²) in [6, 6.07) is 20.5. The zero-order valence-corrected chi connectivity index (χ0v) is 21.5. The highest BCUT2D eigenvalue weighted by Crippen LogP contribution is 2.31. The number of piperidine rings is 1. The summed E-state index contributed by atoms with van der Waals surface area (Å²) >= 11 is 7.52. The molecule has 0 spiro atoms. The highest BCUT2D eigenvalue weighted by Gasteiger charge is 2.33. The van der Waals surface area contributed by atoms with Crippen LogP contribution in [-0.2, 0) is 14.8 Å². The average molecular weight is 529 g/mol. The quantitative estimate of drug-likeness (QED) is 0.331. The average Bonchev–Trinajstić information content (AvgIpc) is 2.89. The summed E-state index contributed by atoms with van der Waals surface area (Å²) in [6.45, 7) is 0.499. The second-order valence-electron chi connectivity index (χ2n) is 8.20. The molecule has 3 aromatic carbocycles. The highest BCUT2D eigenvalue weighted by atomic mass is 35.5. The number of nitrogens with zero attached hydrogens (tertiary/aromatic N) is 1. The first-order chi connectivity index (χ1) is 16.8. The van der Waals surface area contributed by atoms with Crippen molar-refractivity contribution in [2.45, 2.75) is 22.6 Å². The van der Waals surface area contributed by atoms with Crippen LogP contribution in [0.15, 0.2) is 82.6 Å². The van der Waals surface area contributed by atoms with Gasteiger partial charge in [0.2, 0.25) is 15.9 Å². The molecule has 1 aliphatic heterocycles. The Morgan fingerprint density at radius 2 is 1.63 bits per heavy atom. The minimum Gasteiger partial charge on any atom is -0.325 e. The van der Waals surface area contributed by atoms with Gasteiger partial charge in [0.05, 0.1) is 10.6 Å². The van der Waals surface area contributed by atoms with Gasteiger partial charge in [-0.25, -0.2) is 8.42 Å². The van der Waals surface area contributed by atoms with E-state index < -0.39 is 10.0 Å². The van der Waals surface area contributed by atoms with E-state index >= 15 is 0 Å². The summed E-state index contributed by atoms with van der Waals surface area (Å²) in [4.78, 5) is 27.1. The van der Waals surface area contributed by atoms with Crippen molar-refractivity contribution < 1.29 is 18.0 Å². The number of sulfonamides is 1. The number of carbonyl (C=O) groups is 2. The number of rotatable bonds is 7. The van der Waals surface area contributed by atoms with Crippen LogP contribution in [-0.4, -0.2) is 43.8 Å². The van der Waals surface area contributed by atoms with E-state index in [-0.39, 0.29) is 30.7 Å². The summed E-state index contributed by atoms with van der Waals surface area (Å²) in [6.07, 6.45) is 2.63. The number of thioether (sulfide) groups is 1. The molecule has 1 N–H and O–H groups in total. The molecule has 1 saturated heterocycles. The lowest BCUT2D eigenvalue weighted by Gasteiger charge is -2.31. The number of halogens is 1. The Bertz CT molecular complexity index is 1340. The zero-order chi connectivity index (χ0) is 25.0. The third kappa shape index (κ3) is 5.62. The fraction of sp³-hybridized carbons (Fsp3) is 0.231. The molecule has 0 atom stereocenters. The Labute approximate surface area is 214 Å². The first-order valence-corrected chi connectivity index (χ1v) is 14.2. The summed E-state index contributed by atoms with van der Waals surface area (Å²) in [7, 11) is -3.64. The summed E-state index contributed by atoms with van der Waals surface area (Å²) < 4.78 is 27.8. The molecular formula is C26H25ClN2O4S2. The van der Waals surface area contributed by atoms with Crippen LogP contribution in [0.1, 0.15) is 28.8 Å². The fourth-order valence-corrected chi connectivity index (χ4v) is 6.89. The molecule has 6 nitrogen and oxygen atoms in total. The Morgan fingerprint density at radius 3 is 2.31 bits per heavy atom. The van der Waals surface area contributed by atoms with Crippen LogP contribution in [0.25, 0.3) is 0 Å². The number of hydrogen-bond donors (Lipinski definition) is 1. The number of anilines is 1. The molecule has 4 rings (SSSR count). The van der Waals surface area contributed by atoms with E-state index in [0.717, 1.165) is 0 Å². The van der Waals surface area contributed by atoms with Crippen molar-refractivity contribution in [1.82, 2.24) is 4.31 Å². The number of amides is 1. The van der Waals surface area contributed by atoms with E-state index in [1.807, 2.05) is 18.4 Å². The maximum Gasteiger partial charge on any atom is 0.244 e. The molecule has 0 bridgehead atoms. The summed E-state index contributed by atoms with van der Waals surface area (Å²) in [5, 5.41) is 3.27. The number of hydrogen-bond acceptors (Lipinski definition) is 5. The molecular weight excluding hydrogens is 504 g/mol. The van der Waals surface area contributed by atoms with E-state index in [2.05, 4.69) is 5.32 Å². The van der Waals surface area contributed by atoms with Gasteiger partial charge in [0, 0.05) is 40.1 Å². The molecule has 0 unspecified atom stereocenters. The zero-order valence-electron chi connectivity index (χ0n) is 19.1. The third-order valence-electron chi connectivity index (χ3n) is 6.03. The highest BCUT2D eigenvalue weighted by molar-refractivity contribution is 7.99. The van der Waals surface area contributed by atoms with Crippen LogP contribution in [0, 0.1) is 5.92 Å². The lowest BCUT2D eigenvalue weighted by atomic mass is 9.96. The van der Waals surface area contributed by atoms with Crippen LogP contribution in [0.4, 0.5) is 5.69 Å². The van der Waals surface area contributed by atoms with Crippen LogP contribution >= 0.6 is 23.4 Å². The Kier molecular flexibility index (Phi) is 7.96. The molecule has 35 heavy (non-hydrogen) atoms. The molecule has 1 amide bonds. The van der Waals surface area contributed by atoms with Crippen molar-refractivity contribution in [3.05, 3.63) is 88.9 Å². The van der Waals surface area contributed by atoms with Crippen molar-refractivity contribution in [3.8, 4) is 0 Å². The number of nitrogens with one attached hydrogen (secondary N) is 1. The molecule has 3 aromatic rings. The van der Waals surface area contributed by atoms with Gasteiger partial charge in [-0.1, -0.05) is 54.1 Å². The minimum atomic E-state index is -3.64. The predicted octanol–water partition coefficient (Wildman–Crippen LogP) is 5.33.